The van der Waals surface area contributed by atoms with E-state index in [2.05, 4.69) is 179 Å². The van der Waals surface area contributed by atoms with Crippen molar-refractivity contribution >= 4 is 60.8 Å². The highest BCUT2D eigenvalue weighted by atomic mass is 16.3. The van der Waals surface area contributed by atoms with Crippen molar-refractivity contribution in [3.8, 4) is 27.9 Å². The minimum Gasteiger partial charge on any atom is -0.456 e. The van der Waals surface area contributed by atoms with E-state index in [0.717, 1.165) is 74.3 Å². The van der Waals surface area contributed by atoms with Gasteiger partial charge in [0.15, 0.2) is 0 Å². The van der Waals surface area contributed by atoms with E-state index in [9.17, 15) is 0 Å². The molecule has 0 radical (unpaired) electrons. The Bertz CT molecular complexity index is 3480. The molecule has 2 aromatic heterocycles. The van der Waals surface area contributed by atoms with Crippen molar-refractivity contribution < 1.29 is 4.42 Å². The van der Waals surface area contributed by atoms with E-state index in [1.165, 1.54) is 69.7 Å². The Morgan fingerprint density at radius 2 is 1.25 bits per heavy atom. The first-order valence-electron chi connectivity index (χ1n) is 22.4. The third-order valence-electron chi connectivity index (χ3n) is 16.2. The number of furan rings is 1. The quantitative estimate of drug-likeness (QED) is 0.173. The first kappa shape index (κ1) is 32.9. The summed E-state index contributed by atoms with van der Waals surface area (Å²) >= 11 is 0. The zero-order chi connectivity index (χ0) is 39.6. The third-order valence-corrected chi connectivity index (χ3v) is 16.2. The molecule has 61 heavy (non-hydrogen) atoms. The molecule has 3 nitrogen and oxygen atoms in total. The fourth-order valence-electron chi connectivity index (χ4n) is 14.3. The van der Waals surface area contributed by atoms with Gasteiger partial charge in [0, 0.05) is 55.8 Å². The highest BCUT2D eigenvalue weighted by Gasteiger charge is 2.69. The van der Waals surface area contributed by atoms with Gasteiger partial charge in [-0.25, -0.2) is 0 Å². The number of fused-ring (bicyclic) bond motifs is 8. The van der Waals surface area contributed by atoms with E-state index < -0.39 is 0 Å². The van der Waals surface area contributed by atoms with Crippen molar-refractivity contribution in [1.29, 1.82) is 0 Å². The van der Waals surface area contributed by atoms with Gasteiger partial charge in [0.25, 0.3) is 0 Å². The van der Waals surface area contributed by atoms with E-state index in [0.29, 0.717) is 0 Å². The van der Waals surface area contributed by atoms with Crippen molar-refractivity contribution in [2.45, 2.75) is 37.0 Å². The Balaban J connectivity index is 0.878. The average molecular weight is 783 g/mol. The first-order chi connectivity index (χ1) is 30.2. The number of para-hydroxylation sites is 3. The first-order valence-corrected chi connectivity index (χ1v) is 22.4. The van der Waals surface area contributed by atoms with Crippen molar-refractivity contribution in [3.05, 3.63) is 193 Å². The van der Waals surface area contributed by atoms with Gasteiger partial charge in [-0.1, -0.05) is 103 Å². The lowest BCUT2D eigenvalue weighted by Gasteiger charge is -2.60. The molecule has 0 saturated heterocycles. The molecule has 6 bridgehead atoms. The summed E-state index contributed by atoms with van der Waals surface area (Å²) in [6.45, 7) is 0. The molecule has 6 aliphatic rings. The number of nitrogens with zero attached hydrogens (tertiary/aromatic N) is 2. The van der Waals surface area contributed by atoms with Crippen LogP contribution in [0.25, 0.3) is 71.7 Å². The zero-order valence-electron chi connectivity index (χ0n) is 33.8. The molecule has 4 saturated carbocycles. The summed E-state index contributed by atoms with van der Waals surface area (Å²) < 4.78 is 8.89. The molecule has 1 spiro atoms. The van der Waals surface area contributed by atoms with Crippen LogP contribution in [0.3, 0.4) is 0 Å². The molecule has 3 heteroatoms. The van der Waals surface area contributed by atoms with Crippen molar-refractivity contribution in [3.63, 3.8) is 0 Å². The predicted octanol–water partition coefficient (Wildman–Crippen LogP) is 15.2. The number of anilines is 3. The number of hydrogen-bond donors (Lipinski definition) is 0. The Labute approximate surface area is 354 Å². The molecule has 4 fully saturated rings. The van der Waals surface area contributed by atoms with Crippen LogP contribution in [0, 0.1) is 23.7 Å². The van der Waals surface area contributed by atoms with Crippen LogP contribution in [0.4, 0.5) is 17.1 Å². The second-order valence-corrected chi connectivity index (χ2v) is 18.8. The number of benzene rings is 8. The molecule has 6 atom stereocenters. The molecule has 2 heterocycles. The summed E-state index contributed by atoms with van der Waals surface area (Å²) in [5, 5.41) is 4.76. The molecule has 8 aromatic carbocycles. The van der Waals surface area contributed by atoms with E-state index in [-0.39, 0.29) is 5.41 Å². The molecular weight excluding hydrogens is 741 g/mol. The maximum atomic E-state index is 6.48. The lowest BCUT2D eigenvalue weighted by atomic mass is 9.43. The molecular formula is C58H42N2O. The van der Waals surface area contributed by atoms with E-state index >= 15 is 0 Å². The van der Waals surface area contributed by atoms with Crippen LogP contribution < -0.4 is 4.90 Å². The Morgan fingerprint density at radius 3 is 2.15 bits per heavy atom. The maximum absolute atomic E-state index is 6.48. The molecule has 0 aliphatic heterocycles. The maximum Gasteiger partial charge on any atom is 0.137 e. The largest absolute Gasteiger partial charge is 0.456 e. The molecule has 0 amide bonds. The second kappa shape index (κ2) is 11.7. The van der Waals surface area contributed by atoms with Gasteiger partial charge >= 0.3 is 0 Å². The highest BCUT2D eigenvalue weighted by Crippen LogP contribution is 2.77. The summed E-state index contributed by atoms with van der Waals surface area (Å²) in [5.41, 5.74) is 19.5. The van der Waals surface area contributed by atoms with Crippen molar-refractivity contribution in [1.82, 2.24) is 4.57 Å². The van der Waals surface area contributed by atoms with Crippen LogP contribution in [-0.4, -0.2) is 4.57 Å². The summed E-state index contributed by atoms with van der Waals surface area (Å²) in [4.78, 5) is 2.39. The molecule has 0 N–H and O–H groups in total. The fraction of sp³-hybridized carbons (Fsp3) is 0.172. The van der Waals surface area contributed by atoms with Gasteiger partial charge in [-0.05, 0) is 161 Å². The van der Waals surface area contributed by atoms with Crippen LogP contribution in [0.2, 0.25) is 0 Å². The Morgan fingerprint density at radius 1 is 0.508 bits per heavy atom. The number of hydrogen-bond acceptors (Lipinski definition) is 2. The van der Waals surface area contributed by atoms with Crippen LogP contribution >= 0.6 is 0 Å². The summed E-state index contributed by atoms with van der Waals surface area (Å²) in [6.07, 6.45) is 5.75. The van der Waals surface area contributed by atoms with Crippen molar-refractivity contribution in [2.24, 2.45) is 23.7 Å². The molecule has 16 rings (SSSR count). The topological polar surface area (TPSA) is 21.3 Å². The molecule has 10 aromatic rings. The van der Waals surface area contributed by atoms with E-state index in [4.69, 9.17) is 4.42 Å². The van der Waals surface area contributed by atoms with Gasteiger partial charge in [0.1, 0.15) is 11.2 Å². The molecule has 290 valence electrons. The van der Waals surface area contributed by atoms with Gasteiger partial charge < -0.3 is 13.9 Å². The van der Waals surface area contributed by atoms with Gasteiger partial charge in [-0.15, -0.1) is 0 Å². The summed E-state index contributed by atoms with van der Waals surface area (Å²) in [6, 6.07) is 65.6. The van der Waals surface area contributed by atoms with E-state index in [1.54, 1.807) is 16.7 Å². The minimum absolute atomic E-state index is 0.247. The van der Waals surface area contributed by atoms with Crippen LogP contribution in [0.15, 0.2) is 180 Å². The average Bonchev–Trinajstić information content (AvgIpc) is 4.01. The van der Waals surface area contributed by atoms with Gasteiger partial charge in [-0.2, -0.15) is 0 Å². The predicted molar refractivity (Wildman–Crippen MR) is 250 cm³/mol. The molecule has 6 aliphatic carbocycles. The lowest BCUT2D eigenvalue weighted by molar-refractivity contribution is -0.0431. The van der Waals surface area contributed by atoms with Crippen LogP contribution in [0.5, 0.6) is 0 Å². The van der Waals surface area contributed by atoms with Gasteiger partial charge in [0.05, 0.1) is 11.0 Å². The molecule has 6 unspecified atom stereocenters. The number of aromatic nitrogens is 1. The van der Waals surface area contributed by atoms with Gasteiger partial charge in [-0.3, -0.25) is 0 Å². The third kappa shape index (κ3) is 4.19. The summed E-state index contributed by atoms with van der Waals surface area (Å²) in [5.74, 6) is 4.23. The lowest BCUT2D eigenvalue weighted by Crippen LogP contribution is -2.54. The SMILES string of the molecule is c1ccc(-n2c3ccccc3c3ccc(N(c4ccc(-c5ccc6c(c5)-c5cccc7c5C65C6CC8CC(C6)C7C5C8)cc4)c4ccc5c(c4)oc4ccccc45)cc32)cc1. The fourth-order valence-corrected chi connectivity index (χ4v) is 14.3. The minimum atomic E-state index is 0.247. The highest BCUT2D eigenvalue weighted by molar-refractivity contribution is 6.11. The second-order valence-electron chi connectivity index (χ2n) is 18.8. The van der Waals surface area contributed by atoms with Crippen LogP contribution in [0.1, 0.15) is 48.3 Å². The smallest absolute Gasteiger partial charge is 0.137 e. The van der Waals surface area contributed by atoms with Gasteiger partial charge in [0.2, 0.25) is 0 Å². The van der Waals surface area contributed by atoms with Crippen LogP contribution in [-0.2, 0) is 5.41 Å². The normalized spacial score (nSPS) is 23.7. The zero-order valence-corrected chi connectivity index (χ0v) is 33.8. The Kier molecular flexibility index (Phi) is 6.32. The monoisotopic (exact) mass is 782 g/mol. The van der Waals surface area contributed by atoms with Crippen molar-refractivity contribution in [2.75, 3.05) is 4.90 Å². The summed E-state index contributed by atoms with van der Waals surface area (Å²) in [7, 11) is 0. The van der Waals surface area contributed by atoms with E-state index in [1.807, 2.05) is 6.07 Å². The number of rotatable bonds is 5. The Hall–Kier alpha value is -6.84. The standard InChI is InChI=1S/C58H42N2O/c1-2-9-39(10-3-1)60-52-15-6-4-11-43(52)44-24-22-41(32-53(44)60)59(42-23-25-46-45-12-5-7-16-54(45)61-55(46)33-42)40-20-17-35(18-21-40)36-19-26-50-49(31-36)47-13-8-14-48-56-37-27-34-28-38(30-37)58(50,57(47)48)51(56)29-34/h1-26,31-34,37-38,51,56H,27-30H2.